The maximum Gasteiger partial charge on any atom is 0.247 e. The van der Waals surface area contributed by atoms with Gasteiger partial charge in [-0.1, -0.05) is 15.9 Å². The Kier molecular flexibility index (Phi) is 4.36. The van der Waals surface area contributed by atoms with Crippen molar-refractivity contribution in [1.82, 2.24) is 9.71 Å². The van der Waals surface area contributed by atoms with Gasteiger partial charge >= 0.3 is 0 Å². The van der Waals surface area contributed by atoms with Crippen LogP contribution in [-0.2, 0) is 16.6 Å². The molecule has 8 heteroatoms. The number of pyridine rings is 1. The lowest BCUT2D eigenvalue weighted by atomic mass is 10.2. The van der Waals surface area contributed by atoms with Crippen molar-refractivity contribution in [1.29, 1.82) is 0 Å². The number of nitrogens with one attached hydrogen (secondary N) is 2. The number of hydrogen-bond acceptors (Lipinski definition) is 3. The third-order valence-corrected chi connectivity index (χ3v) is 4.70. The molecule has 0 spiro atoms. The Morgan fingerprint density at radius 2 is 2.00 bits per heavy atom. The summed E-state index contributed by atoms with van der Waals surface area (Å²) in [5.74, 6) is -0.452. The molecule has 106 valence electrons. The summed E-state index contributed by atoms with van der Waals surface area (Å²) in [6.07, 6.45) is 1.10. The topological polar surface area (TPSA) is 79.0 Å². The summed E-state index contributed by atoms with van der Waals surface area (Å²) in [6, 6.07) is 6.32. The zero-order valence-electron chi connectivity index (χ0n) is 10.1. The van der Waals surface area contributed by atoms with Crippen molar-refractivity contribution in [2.75, 3.05) is 0 Å². The Labute approximate surface area is 123 Å². The Bertz CT molecular complexity index is 769. The highest BCUT2D eigenvalue weighted by atomic mass is 79.9. The quantitative estimate of drug-likeness (QED) is 0.871. The summed E-state index contributed by atoms with van der Waals surface area (Å²) >= 11 is 3.21. The van der Waals surface area contributed by atoms with Crippen molar-refractivity contribution in [3.05, 3.63) is 62.7 Å². The van der Waals surface area contributed by atoms with E-state index in [1.807, 2.05) is 0 Å². The van der Waals surface area contributed by atoms with Crippen LogP contribution in [0.2, 0.25) is 0 Å². The van der Waals surface area contributed by atoms with Crippen LogP contribution in [0.1, 0.15) is 5.56 Å². The predicted molar refractivity (Wildman–Crippen MR) is 75.2 cm³/mol. The minimum Gasteiger partial charge on any atom is -0.328 e. The lowest BCUT2D eigenvalue weighted by Gasteiger charge is -2.08. The van der Waals surface area contributed by atoms with Gasteiger partial charge in [-0.3, -0.25) is 4.79 Å². The molecule has 0 aliphatic carbocycles. The van der Waals surface area contributed by atoms with Crippen molar-refractivity contribution >= 4 is 26.0 Å². The highest BCUT2D eigenvalue weighted by Gasteiger charge is 2.14. The summed E-state index contributed by atoms with van der Waals surface area (Å²) in [7, 11) is -3.77. The first-order valence-electron chi connectivity index (χ1n) is 5.51. The molecule has 0 unspecified atom stereocenters. The second-order valence-electron chi connectivity index (χ2n) is 3.95. The maximum atomic E-state index is 13.1. The summed E-state index contributed by atoms with van der Waals surface area (Å²) in [6.45, 7) is -0.0696. The van der Waals surface area contributed by atoms with Gasteiger partial charge in [0, 0.05) is 23.3 Å². The molecular formula is C12H10BrFN2O3S. The molecule has 0 fully saturated rings. The molecule has 2 aromatic rings. The molecule has 0 atom stereocenters. The average Bonchev–Trinajstić information content (AvgIpc) is 2.40. The highest BCUT2D eigenvalue weighted by molar-refractivity contribution is 9.10. The molecule has 0 bridgehead atoms. The van der Waals surface area contributed by atoms with Gasteiger partial charge in [0.05, 0.1) is 4.90 Å². The van der Waals surface area contributed by atoms with Gasteiger partial charge in [0.25, 0.3) is 0 Å². The van der Waals surface area contributed by atoms with Crippen LogP contribution in [0.3, 0.4) is 0 Å². The standard InChI is InChI=1S/C12H10BrFN2O3S/c13-11-3-1-9(14)5-8(11)6-16-20(18,19)10-2-4-12(17)15-7-10/h1-5,7,16H,6H2,(H,15,17). The molecule has 0 saturated heterocycles. The molecule has 1 heterocycles. The average molecular weight is 361 g/mol. The number of aromatic nitrogens is 1. The molecule has 0 aliphatic rings. The molecule has 1 aromatic carbocycles. The summed E-state index contributed by atoms with van der Waals surface area (Å²) in [4.78, 5) is 13.1. The first-order valence-corrected chi connectivity index (χ1v) is 7.78. The first-order chi connectivity index (χ1) is 9.38. The number of benzene rings is 1. The predicted octanol–water partition coefficient (Wildman–Crippen LogP) is 1.75. The van der Waals surface area contributed by atoms with Gasteiger partial charge in [0.15, 0.2) is 0 Å². The number of sulfonamides is 1. The van der Waals surface area contributed by atoms with Crippen molar-refractivity contribution in [2.45, 2.75) is 11.4 Å². The fraction of sp³-hybridized carbons (Fsp3) is 0.0833. The Balaban J connectivity index is 2.19. The molecule has 0 saturated carbocycles. The molecule has 2 rings (SSSR count). The van der Waals surface area contributed by atoms with Gasteiger partial charge in [0.1, 0.15) is 5.82 Å². The smallest absolute Gasteiger partial charge is 0.247 e. The molecule has 0 aliphatic heterocycles. The fourth-order valence-electron chi connectivity index (χ4n) is 1.50. The van der Waals surface area contributed by atoms with E-state index in [2.05, 4.69) is 25.6 Å². The lowest BCUT2D eigenvalue weighted by molar-refractivity contribution is 0.579. The number of H-pyrrole nitrogens is 1. The van der Waals surface area contributed by atoms with Crippen LogP contribution in [0.4, 0.5) is 4.39 Å². The minimum atomic E-state index is -3.77. The first kappa shape index (κ1) is 14.9. The Morgan fingerprint density at radius 1 is 1.25 bits per heavy atom. The van der Waals surface area contributed by atoms with Gasteiger partial charge in [0.2, 0.25) is 15.6 Å². The third kappa shape index (κ3) is 3.53. The molecular weight excluding hydrogens is 351 g/mol. The van der Waals surface area contributed by atoms with Crippen LogP contribution in [-0.4, -0.2) is 13.4 Å². The van der Waals surface area contributed by atoms with Crippen LogP contribution in [0.15, 0.2) is 50.7 Å². The van der Waals surface area contributed by atoms with E-state index in [-0.39, 0.29) is 11.4 Å². The zero-order valence-corrected chi connectivity index (χ0v) is 12.5. The summed E-state index contributed by atoms with van der Waals surface area (Å²) in [5.41, 5.74) is 0.0785. The second-order valence-corrected chi connectivity index (χ2v) is 6.57. The van der Waals surface area contributed by atoms with Crippen molar-refractivity contribution in [3.63, 3.8) is 0 Å². The van der Waals surface area contributed by atoms with Gasteiger partial charge in [-0.25, -0.2) is 17.5 Å². The normalized spacial score (nSPS) is 11.5. The van der Waals surface area contributed by atoms with Crippen LogP contribution < -0.4 is 10.3 Å². The van der Waals surface area contributed by atoms with E-state index in [1.54, 1.807) is 0 Å². The largest absolute Gasteiger partial charge is 0.328 e. The summed E-state index contributed by atoms with van der Waals surface area (Å²) < 4.78 is 40.0. The number of halogens is 2. The van der Waals surface area contributed by atoms with E-state index in [4.69, 9.17) is 0 Å². The lowest BCUT2D eigenvalue weighted by Crippen LogP contribution is -2.24. The van der Waals surface area contributed by atoms with Gasteiger partial charge in [-0.05, 0) is 29.8 Å². The van der Waals surface area contributed by atoms with Crippen LogP contribution in [0.25, 0.3) is 0 Å². The Hall–Kier alpha value is -1.51. The monoisotopic (exact) mass is 360 g/mol. The number of hydrogen-bond donors (Lipinski definition) is 2. The third-order valence-electron chi connectivity index (χ3n) is 2.53. The van der Waals surface area contributed by atoms with E-state index in [0.717, 1.165) is 12.3 Å². The van der Waals surface area contributed by atoms with Crippen LogP contribution in [0.5, 0.6) is 0 Å². The summed E-state index contributed by atoms with van der Waals surface area (Å²) in [5, 5.41) is 0. The maximum absolute atomic E-state index is 13.1. The molecule has 0 radical (unpaired) electrons. The molecule has 20 heavy (non-hydrogen) atoms. The van der Waals surface area contributed by atoms with Crippen LogP contribution in [0, 0.1) is 5.82 Å². The molecule has 1 aromatic heterocycles. The Morgan fingerprint density at radius 3 is 2.65 bits per heavy atom. The molecule has 0 amide bonds. The number of rotatable bonds is 4. The van der Waals surface area contributed by atoms with Crippen molar-refractivity contribution < 1.29 is 12.8 Å². The van der Waals surface area contributed by atoms with Crippen molar-refractivity contribution in [2.24, 2.45) is 0 Å². The molecule has 5 nitrogen and oxygen atoms in total. The number of aromatic amines is 1. The minimum absolute atomic E-state index is 0.0652. The fourth-order valence-corrected chi connectivity index (χ4v) is 2.86. The van der Waals surface area contributed by atoms with E-state index < -0.39 is 21.4 Å². The van der Waals surface area contributed by atoms with E-state index in [0.29, 0.717) is 10.0 Å². The van der Waals surface area contributed by atoms with Gasteiger partial charge in [-0.2, -0.15) is 0 Å². The molecule has 2 N–H and O–H groups in total. The van der Waals surface area contributed by atoms with E-state index >= 15 is 0 Å². The second kappa shape index (κ2) is 5.86. The van der Waals surface area contributed by atoms with Crippen LogP contribution >= 0.6 is 15.9 Å². The highest BCUT2D eigenvalue weighted by Crippen LogP contribution is 2.18. The van der Waals surface area contributed by atoms with E-state index in [9.17, 15) is 17.6 Å². The van der Waals surface area contributed by atoms with E-state index in [1.165, 1.54) is 24.3 Å². The SMILES string of the molecule is O=c1ccc(S(=O)(=O)NCc2cc(F)ccc2Br)c[nH]1. The van der Waals surface area contributed by atoms with Gasteiger partial charge in [-0.15, -0.1) is 0 Å². The van der Waals surface area contributed by atoms with Gasteiger partial charge < -0.3 is 4.98 Å². The zero-order chi connectivity index (χ0) is 14.8. The van der Waals surface area contributed by atoms with Crippen molar-refractivity contribution in [3.8, 4) is 0 Å².